The van der Waals surface area contributed by atoms with Crippen molar-refractivity contribution in [1.82, 2.24) is 14.8 Å². The number of aromatic nitrogens is 1. The predicted octanol–water partition coefficient (Wildman–Crippen LogP) is 3.28. The number of anilines is 1. The van der Waals surface area contributed by atoms with Gasteiger partial charge in [-0.3, -0.25) is 4.90 Å². The van der Waals surface area contributed by atoms with Crippen molar-refractivity contribution in [3.05, 3.63) is 40.3 Å². The molecule has 3 heterocycles. The second kappa shape index (κ2) is 10.2. The summed E-state index contributed by atoms with van der Waals surface area (Å²) in [4.78, 5) is 21.6. The van der Waals surface area contributed by atoms with Crippen LogP contribution < -0.4 is 10.1 Å². The van der Waals surface area contributed by atoms with E-state index in [-0.39, 0.29) is 6.03 Å². The highest BCUT2D eigenvalue weighted by Crippen LogP contribution is 2.34. The topological polar surface area (TPSA) is 87.2 Å². The van der Waals surface area contributed by atoms with E-state index in [1.807, 2.05) is 29.6 Å². The minimum Gasteiger partial charge on any atom is -0.497 e. The van der Waals surface area contributed by atoms with E-state index in [9.17, 15) is 9.90 Å². The lowest BCUT2D eigenvalue weighted by Crippen LogP contribution is -2.46. The van der Waals surface area contributed by atoms with Gasteiger partial charge in [0.05, 0.1) is 26.0 Å². The minimum atomic E-state index is -0.984. The fourth-order valence-corrected chi connectivity index (χ4v) is 5.38. The molecule has 2 saturated heterocycles. The van der Waals surface area contributed by atoms with Crippen LogP contribution in [0.1, 0.15) is 36.4 Å². The van der Waals surface area contributed by atoms with E-state index in [0.717, 1.165) is 48.3 Å². The number of likely N-dealkylation sites (tertiary alicyclic amines) is 2. The number of methoxy groups -OCH3 is 2. The van der Waals surface area contributed by atoms with Crippen molar-refractivity contribution in [3.63, 3.8) is 0 Å². The largest absolute Gasteiger partial charge is 0.497 e. The fraction of sp³-hybridized carbons (Fsp3) is 0.565. The van der Waals surface area contributed by atoms with Gasteiger partial charge in [-0.2, -0.15) is 0 Å². The number of carbonyl (C=O) groups is 1. The molecule has 8 nitrogen and oxygen atoms in total. The highest BCUT2D eigenvalue weighted by Gasteiger charge is 2.37. The number of benzene rings is 1. The Balaban J connectivity index is 1.31. The van der Waals surface area contributed by atoms with E-state index in [4.69, 9.17) is 14.5 Å². The molecule has 1 atom stereocenters. The molecule has 2 aromatic rings. The van der Waals surface area contributed by atoms with Gasteiger partial charge in [-0.15, -0.1) is 11.3 Å². The summed E-state index contributed by atoms with van der Waals surface area (Å²) in [6.45, 7) is 3.56. The van der Waals surface area contributed by atoms with Gasteiger partial charge in [-0.1, -0.05) is 0 Å². The van der Waals surface area contributed by atoms with Crippen molar-refractivity contribution in [2.24, 2.45) is 0 Å². The zero-order chi connectivity index (χ0) is 22.6. The van der Waals surface area contributed by atoms with Crippen LogP contribution in [0.4, 0.5) is 10.5 Å². The van der Waals surface area contributed by atoms with Gasteiger partial charge in [0.1, 0.15) is 16.4 Å². The summed E-state index contributed by atoms with van der Waals surface area (Å²) in [6, 6.07) is 7.53. The molecule has 2 N–H and O–H groups in total. The lowest BCUT2D eigenvalue weighted by molar-refractivity contribution is -0.0190. The van der Waals surface area contributed by atoms with Gasteiger partial charge in [-0.25, -0.2) is 9.78 Å². The quantitative estimate of drug-likeness (QED) is 0.660. The fourth-order valence-electron chi connectivity index (χ4n) is 4.47. The number of urea groups is 1. The Hall–Kier alpha value is -2.20. The van der Waals surface area contributed by atoms with Crippen molar-refractivity contribution >= 4 is 23.1 Å². The summed E-state index contributed by atoms with van der Waals surface area (Å²) in [5.41, 5.74) is 0.465. The first-order valence-corrected chi connectivity index (χ1v) is 12.0. The third kappa shape index (κ3) is 5.23. The number of amides is 2. The van der Waals surface area contributed by atoms with Crippen molar-refractivity contribution in [2.45, 2.75) is 43.9 Å². The Morgan fingerprint density at radius 1 is 1.25 bits per heavy atom. The van der Waals surface area contributed by atoms with E-state index in [1.165, 1.54) is 6.42 Å². The number of aliphatic hydroxyl groups is 1. The summed E-state index contributed by atoms with van der Waals surface area (Å²) in [7, 11) is 3.36. The van der Waals surface area contributed by atoms with Crippen LogP contribution in [0.3, 0.4) is 0 Å². The Bertz CT molecular complexity index is 896. The zero-order valence-electron chi connectivity index (χ0n) is 18.7. The summed E-state index contributed by atoms with van der Waals surface area (Å²) in [5.74, 6) is 0.743. The molecular formula is C23H32N4O4S. The summed E-state index contributed by atoms with van der Waals surface area (Å²) in [6.07, 6.45) is 3.29. The first kappa shape index (κ1) is 23.0. The lowest BCUT2D eigenvalue weighted by atomic mass is 9.89. The van der Waals surface area contributed by atoms with E-state index >= 15 is 0 Å². The second-order valence-electron chi connectivity index (χ2n) is 8.53. The number of nitrogens with zero attached hydrogens (tertiary/aromatic N) is 3. The molecular weight excluding hydrogens is 428 g/mol. The monoisotopic (exact) mass is 460 g/mol. The Morgan fingerprint density at radius 2 is 2.00 bits per heavy atom. The smallest absolute Gasteiger partial charge is 0.321 e. The average Bonchev–Trinajstić information content (AvgIpc) is 3.45. The van der Waals surface area contributed by atoms with Crippen LogP contribution in [0, 0.1) is 0 Å². The molecule has 1 aromatic heterocycles. The number of ether oxygens (including phenoxy) is 2. The highest BCUT2D eigenvalue weighted by atomic mass is 32.1. The van der Waals surface area contributed by atoms with Crippen molar-refractivity contribution in [2.75, 3.05) is 45.8 Å². The Morgan fingerprint density at radius 3 is 2.69 bits per heavy atom. The molecule has 0 saturated carbocycles. The lowest BCUT2D eigenvalue weighted by Gasteiger charge is -2.37. The molecule has 0 bridgehead atoms. The van der Waals surface area contributed by atoms with Gasteiger partial charge in [0, 0.05) is 37.3 Å². The maximum absolute atomic E-state index is 12.6. The van der Waals surface area contributed by atoms with Crippen LogP contribution in [0.25, 0.3) is 0 Å². The standard InChI is InChI=1S/C23H32N4O4S/c1-30-15-18-4-3-11-27(18)14-21-25-20(16-32-21)23(29)9-12-26(13-10-23)22(28)24-17-5-7-19(31-2)8-6-17/h5-8,16,18,29H,3-4,9-15H2,1-2H3,(H,24,28)/t18-/m1/s1. The molecule has 2 fully saturated rings. The van der Waals surface area contributed by atoms with Crippen LogP contribution in [-0.4, -0.2) is 72.4 Å². The average molecular weight is 461 g/mol. The molecule has 2 amide bonds. The van der Waals surface area contributed by atoms with Gasteiger partial charge >= 0.3 is 6.03 Å². The first-order chi connectivity index (χ1) is 15.5. The van der Waals surface area contributed by atoms with E-state index in [2.05, 4.69) is 10.2 Å². The maximum atomic E-state index is 12.6. The molecule has 0 radical (unpaired) electrons. The molecule has 0 aliphatic carbocycles. The number of hydrogen-bond acceptors (Lipinski definition) is 7. The molecule has 1 aromatic carbocycles. The van der Waals surface area contributed by atoms with E-state index < -0.39 is 5.60 Å². The normalized spacial score (nSPS) is 21.0. The van der Waals surface area contributed by atoms with Crippen molar-refractivity contribution < 1.29 is 19.4 Å². The molecule has 32 heavy (non-hydrogen) atoms. The SMILES string of the molecule is COC[C@H]1CCCN1Cc1nc(C2(O)CCN(C(=O)Nc3ccc(OC)cc3)CC2)cs1. The van der Waals surface area contributed by atoms with Crippen LogP contribution in [-0.2, 0) is 16.9 Å². The molecule has 9 heteroatoms. The first-order valence-electron chi connectivity index (χ1n) is 11.1. The third-order valence-corrected chi connectivity index (χ3v) is 7.28. The Kier molecular flexibility index (Phi) is 7.30. The van der Waals surface area contributed by atoms with Gasteiger partial charge in [0.15, 0.2) is 0 Å². The van der Waals surface area contributed by atoms with Gasteiger partial charge in [0.2, 0.25) is 0 Å². The minimum absolute atomic E-state index is 0.158. The van der Waals surface area contributed by atoms with E-state index in [0.29, 0.717) is 32.0 Å². The van der Waals surface area contributed by atoms with E-state index in [1.54, 1.807) is 30.5 Å². The molecule has 0 spiro atoms. The summed E-state index contributed by atoms with van der Waals surface area (Å²) >= 11 is 1.60. The van der Waals surface area contributed by atoms with Gasteiger partial charge < -0.3 is 24.8 Å². The van der Waals surface area contributed by atoms with Crippen LogP contribution >= 0.6 is 11.3 Å². The number of hydrogen-bond donors (Lipinski definition) is 2. The Labute approximate surface area is 193 Å². The third-order valence-electron chi connectivity index (χ3n) is 6.44. The van der Waals surface area contributed by atoms with Crippen molar-refractivity contribution in [3.8, 4) is 5.75 Å². The van der Waals surface area contributed by atoms with Crippen molar-refractivity contribution in [1.29, 1.82) is 0 Å². The van der Waals surface area contributed by atoms with Crippen LogP contribution in [0.15, 0.2) is 29.6 Å². The molecule has 2 aliphatic heterocycles. The zero-order valence-corrected chi connectivity index (χ0v) is 19.6. The molecule has 2 aliphatic rings. The summed E-state index contributed by atoms with van der Waals surface area (Å²) in [5, 5.41) is 17.1. The van der Waals surface area contributed by atoms with Crippen LogP contribution in [0.2, 0.25) is 0 Å². The summed E-state index contributed by atoms with van der Waals surface area (Å²) < 4.78 is 10.5. The molecule has 0 unspecified atom stereocenters. The highest BCUT2D eigenvalue weighted by molar-refractivity contribution is 7.09. The molecule has 174 valence electrons. The number of nitrogens with one attached hydrogen (secondary N) is 1. The van der Waals surface area contributed by atoms with Gasteiger partial charge in [-0.05, 0) is 56.5 Å². The number of thiazole rings is 1. The van der Waals surface area contributed by atoms with Crippen LogP contribution in [0.5, 0.6) is 5.75 Å². The molecule has 4 rings (SSSR count). The maximum Gasteiger partial charge on any atom is 0.321 e. The van der Waals surface area contributed by atoms with Gasteiger partial charge in [0.25, 0.3) is 0 Å². The number of piperidine rings is 1. The number of rotatable bonds is 7. The number of carbonyl (C=O) groups excluding carboxylic acids is 1. The predicted molar refractivity (Wildman–Crippen MR) is 124 cm³/mol. The second-order valence-corrected chi connectivity index (χ2v) is 9.47.